The molecule has 2 heteroatoms. The van der Waals surface area contributed by atoms with Crippen LogP contribution in [-0.4, -0.2) is 4.98 Å². The van der Waals surface area contributed by atoms with Crippen LogP contribution in [0.4, 0.5) is 0 Å². The summed E-state index contributed by atoms with van der Waals surface area (Å²) in [6.07, 6.45) is 0. The summed E-state index contributed by atoms with van der Waals surface area (Å²) in [5.41, 5.74) is 7.86. The third-order valence-electron chi connectivity index (χ3n) is 3.07. The van der Waals surface area contributed by atoms with Crippen LogP contribution in [0.25, 0.3) is 21.7 Å². The molecule has 0 saturated carbocycles. The third kappa shape index (κ3) is 1.67. The van der Waals surface area contributed by atoms with Crippen LogP contribution in [0, 0.1) is 0 Å². The molecule has 0 spiro atoms. The Balaban J connectivity index is 2.42. The zero-order valence-corrected chi connectivity index (χ0v) is 9.72. The summed E-state index contributed by atoms with van der Waals surface area (Å²) < 4.78 is 0. The lowest BCUT2D eigenvalue weighted by atomic mass is 10.1. The molecular weight excluding hydrogens is 208 g/mol. The highest BCUT2D eigenvalue weighted by atomic mass is 14.8. The largest absolute Gasteiger partial charge is 0.323 e. The van der Waals surface area contributed by atoms with E-state index in [1.165, 1.54) is 10.8 Å². The van der Waals surface area contributed by atoms with Gasteiger partial charge in [0.05, 0.1) is 11.2 Å². The quantitative estimate of drug-likeness (QED) is 0.641. The van der Waals surface area contributed by atoms with E-state index in [0.29, 0.717) is 0 Å². The molecule has 0 fully saturated rings. The van der Waals surface area contributed by atoms with Gasteiger partial charge in [-0.15, -0.1) is 0 Å². The fraction of sp³-hybridized carbons (Fsp3) is 0.133. The van der Waals surface area contributed by atoms with Gasteiger partial charge in [0.1, 0.15) is 0 Å². The van der Waals surface area contributed by atoms with E-state index in [2.05, 4.69) is 35.3 Å². The van der Waals surface area contributed by atoms with Crippen molar-refractivity contribution in [1.82, 2.24) is 4.98 Å². The van der Waals surface area contributed by atoms with Crippen molar-refractivity contribution < 1.29 is 0 Å². The Morgan fingerprint density at radius 2 is 1.65 bits per heavy atom. The van der Waals surface area contributed by atoms with Gasteiger partial charge in [-0.1, -0.05) is 42.5 Å². The monoisotopic (exact) mass is 222 g/mol. The first-order chi connectivity index (χ1) is 8.25. The standard InChI is InChI=1S/C15H14N2/c1-10(16)14-9-8-12-7-6-11-4-2-3-5-13(11)15(12)17-14/h2-10H,16H2,1H3/t10-/m0/s1. The summed E-state index contributed by atoms with van der Waals surface area (Å²) in [5, 5.41) is 3.56. The van der Waals surface area contributed by atoms with Crippen molar-refractivity contribution in [1.29, 1.82) is 0 Å². The van der Waals surface area contributed by atoms with Crippen LogP contribution in [0.3, 0.4) is 0 Å². The molecule has 84 valence electrons. The first-order valence-electron chi connectivity index (χ1n) is 5.80. The Morgan fingerprint density at radius 3 is 2.47 bits per heavy atom. The average molecular weight is 222 g/mol. The highest BCUT2D eigenvalue weighted by Gasteiger charge is 2.05. The molecule has 1 heterocycles. The summed E-state index contributed by atoms with van der Waals surface area (Å²) in [6, 6.07) is 16.6. The van der Waals surface area contributed by atoms with Crippen LogP contribution in [-0.2, 0) is 0 Å². The molecule has 0 amide bonds. The van der Waals surface area contributed by atoms with Crippen LogP contribution in [0.5, 0.6) is 0 Å². The van der Waals surface area contributed by atoms with Gasteiger partial charge in [-0.05, 0) is 18.4 Å². The molecule has 0 bridgehead atoms. The Labute approximate surface area is 100 Å². The average Bonchev–Trinajstić information content (AvgIpc) is 2.38. The highest BCUT2D eigenvalue weighted by molar-refractivity contribution is 6.05. The minimum atomic E-state index is -0.0293. The lowest BCUT2D eigenvalue weighted by Gasteiger charge is -2.08. The van der Waals surface area contributed by atoms with Crippen molar-refractivity contribution >= 4 is 21.7 Å². The van der Waals surface area contributed by atoms with Crippen molar-refractivity contribution in [2.45, 2.75) is 13.0 Å². The van der Waals surface area contributed by atoms with Gasteiger partial charge in [0.15, 0.2) is 0 Å². The highest BCUT2D eigenvalue weighted by Crippen LogP contribution is 2.24. The number of hydrogen-bond acceptors (Lipinski definition) is 2. The minimum Gasteiger partial charge on any atom is -0.323 e. The summed E-state index contributed by atoms with van der Waals surface area (Å²) in [4.78, 5) is 4.68. The molecule has 2 aromatic carbocycles. The van der Waals surface area contributed by atoms with E-state index in [4.69, 9.17) is 5.73 Å². The number of rotatable bonds is 1. The maximum absolute atomic E-state index is 5.89. The number of pyridine rings is 1. The predicted octanol–water partition coefficient (Wildman–Crippen LogP) is 3.41. The first-order valence-corrected chi connectivity index (χ1v) is 5.80. The third-order valence-corrected chi connectivity index (χ3v) is 3.07. The topological polar surface area (TPSA) is 38.9 Å². The number of nitrogens with two attached hydrogens (primary N) is 1. The summed E-state index contributed by atoms with van der Waals surface area (Å²) in [7, 11) is 0. The predicted molar refractivity (Wildman–Crippen MR) is 71.9 cm³/mol. The van der Waals surface area contributed by atoms with Gasteiger partial charge in [0, 0.05) is 16.8 Å². The fourth-order valence-corrected chi connectivity index (χ4v) is 2.13. The van der Waals surface area contributed by atoms with Gasteiger partial charge < -0.3 is 5.73 Å². The fourth-order valence-electron chi connectivity index (χ4n) is 2.13. The zero-order chi connectivity index (χ0) is 11.8. The van der Waals surface area contributed by atoms with E-state index in [1.807, 2.05) is 25.1 Å². The number of hydrogen-bond donors (Lipinski definition) is 1. The van der Waals surface area contributed by atoms with Crippen molar-refractivity contribution in [3.8, 4) is 0 Å². The van der Waals surface area contributed by atoms with E-state index in [0.717, 1.165) is 16.6 Å². The molecule has 1 aromatic heterocycles. The molecule has 0 saturated heterocycles. The van der Waals surface area contributed by atoms with E-state index in [1.54, 1.807) is 0 Å². The van der Waals surface area contributed by atoms with Crippen LogP contribution in [0.2, 0.25) is 0 Å². The van der Waals surface area contributed by atoms with Crippen molar-refractivity contribution in [3.05, 3.63) is 54.2 Å². The Morgan fingerprint density at radius 1 is 0.941 bits per heavy atom. The van der Waals surface area contributed by atoms with E-state index < -0.39 is 0 Å². The Kier molecular flexibility index (Phi) is 2.30. The van der Waals surface area contributed by atoms with E-state index in [9.17, 15) is 0 Å². The molecule has 3 rings (SSSR count). The van der Waals surface area contributed by atoms with Gasteiger partial charge in [-0.25, -0.2) is 0 Å². The van der Waals surface area contributed by atoms with Crippen molar-refractivity contribution in [3.63, 3.8) is 0 Å². The van der Waals surface area contributed by atoms with Gasteiger partial charge in [-0.3, -0.25) is 4.98 Å². The van der Waals surface area contributed by atoms with Gasteiger partial charge >= 0.3 is 0 Å². The second-order valence-electron chi connectivity index (χ2n) is 4.38. The summed E-state index contributed by atoms with van der Waals surface area (Å²) >= 11 is 0. The van der Waals surface area contributed by atoms with E-state index >= 15 is 0 Å². The van der Waals surface area contributed by atoms with Crippen LogP contribution in [0.15, 0.2) is 48.5 Å². The number of nitrogens with zero attached hydrogens (tertiary/aromatic N) is 1. The molecule has 0 aliphatic rings. The normalized spacial score (nSPS) is 13.1. The maximum atomic E-state index is 5.89. The first kappa shape index (κ1) is 10.2. The molecule has 17 heavy (non-hydrogen) atoms. The van der Waals surface area contributed by atoms with Crippen LogP contribution >= 0.6 is 0 Å². The number of benzene rings is 2. The lowest BCUT2D eigenvalue weighted by Crippen LogP contribution is -2.07. The van der Waals surface area contributed by atoms with Crippen molar-refractivity contribution in [2.75, 3.05) is 0 Å². The number of fused-ring (bicyclic) bond motifs is 3. The van der Waals surface area contributed by atoms with Gasteiger partial charge in [-0.2, -0.15) is 0 Å². The summed E-state index contributed by atoms with van der Waals surface area (Å²) in [5.74, 6) is 0. The molecule has 2 nitrogen and oxygen atoms in total. The zero-order valence-electron chi connectivity index (χ0n) is 9.72. The Bertz CT molecular complexity index is 687. The van der Waals surface area contributed by atoms with Gasteiger partial charge in [0.2, 0.25) is 0 Å². The molecule has 0 aliphatic carbocycles. The molecular formula is C15H14N2. The van der Waals surface area contributed by atoms with Gasteiger partial charge in [0.25, 0.3) is 0 Å². The number of aromatic nitrogens is 1. The second-order valence-corrected chi connectivity index (χ2v) is 4.38. The lowest BCUT2D eigenvalue weighted by molar-refractivity contribution is 0.787. The maximum Gasteiger partial charge on any atom is 0.0784 e. The van der Waals surface area contributed by atoms with Crippen molar-refractivity contribution in [2.24, 2.45) is 5.73 Å². The molecule has 0 unspecified atom stereocenters. The van der Waals surface area contributed by atoms with Crippen LogP contribution < -0.4 is 5.73 Å². The SMILES string of the molecule is C[C@H](N)c1ccc2ccc3ccccc3c2n1. The Hall–Kier alpha value is -1.93. The molecule has 0 radical (unpaired) electrons. The van der Waals surface area contributed by atoms with E-state index in [-0.39, 0.29) is 6.04 Å². The molecule has 3 aromatic rings. The second kappa shape index (κ2) is 3.82. The molecule has 1 atom stereocenters. The van der Waals surface area contributed by atoms with Crippen LogP contribution in [0.1, 0.15) is 18.7 Å². The summed E-state index contributed by atoms with van der Waals surface area (Å²) in [6.45, 7) is 1.96. The molecule has 0 aliphatic heterocycles. The minimum absolute atomic E-state index is 0.0293. The smallest absolute Gasteiger partial charge is 0.0784 e. The molecule has 2 N–H and O–H groups in total.